The van der Waals surface area contributed by atoms with Crippen LogP contribution in [-0.4, -0.2) is 62.3 Å². The Bertz CT molecular complexity index is 1460. The van der Waals surface area contributed by atoms with Crippen molar-refractivity contribution < 1.29 is 33.3 Å². The molecule has 0 N–H and O–H groups in total. The lowest BCUT2D eigenvalue weighted by atomic mass is 10.1. The number of ether oxygens (including phenoxy) is 4. The molecule has 12 heteroatoms. The largest absolute Gasteiger partial charge is 0.459 e. The summed E-state index contributed by atoms with van der Waals surface area (Å²) in [5.41, 5.74) is 1.23. The van der Waals surface area contributed by atoms with Gasteiger partial charge in [-0.25, -0.2) is 24.5 Å². The van der Waals surface area contributed by atoms with Gasteiger partial charge in [-0.05, 0) is 24.3 Å². The topological polar surface area (TPSA) is 132 Å². The molecule has 1 saturated heterocycles. The van der Waals surface area contributed by atoms with E-state index in [1.54, 1.807) is 60.7 Å². The van der Waals surface area contributed by atoms with Crippen molar-refractivity contribution >= 4 is 40.7 Å². The van der Waals surface area contributed by atoms with Crippen LogP contribution in [0.25, 0.3) is 11.2 Å². The molecule has 0 bridgehead atoms. The van der Waals surface area contributed by atoms with E-state index in [0.717, 1.165) is 0 Å². The quantitative estimate of drug-likeness (QED) is 0.197. The van der Waals surface area contributed by atoms with Gasteiger partial charge in [0.15, 0.2) is 29.2 Å². The van der Waals surface area contributed by atoms with Crippen molar-refractivity contribution in [3.8, 4) is 0 Å². The van der Waals surface area contributed by atoms with Gasteiger partial charge < -0.3 is 18.9 Å². The fourth-order valence-corrected chi connectivity index (χ4v) is 4.29. The van der Waals surface area contributed by atoms with Gasteiger partial charge in [0.05, 0.1) is 17.5 Å². The van der Waals surface area contributed by atoms with Crippen molar-refractivity contribution in [1.82, 2.24) is 19.5 Å². The molecule has 4 atom stereocenters. The molecule has 194 valence electrons. The molecule has 2 aromatic carbocycles. The summed E-state index contributed by atoms with van der Waals surface area (Å²) < 4.78 is 24.6. The number of esters is 3. The molecule has 0 amide bonds. The highest BCUT2D eigenvalue weighted by Crippen LogP contribution is 2.36. The lowest BCUT2D eigenvalue weighted by Crippen LogP contribution is -2.41. The molecule has 3 heterocycles. The van der Waals surface area contributed by atoms with Gasteiger partial charge in [0.1, 0.15) is 24.6 Å². The average molecular weight is 537 g/mol. The Hall–Kier alpha value is -4.35. The van der Waals surface area contributed by atoms with Crippen molar-refractivity contribution in [1.29, 1.82) is 0 Å². The summed E-state index contributed by atoms with van der Waals surface area (Å²) >= 11 is 6.15. The minimum Gasteiger partial charge on any atom is -0.459 e. The van der Waals surface area contributed by atoms with Crippen molar-refractivity contribution in [2.24, 2.45) is 0 Å². The third kappa shape index (κ3) is 5.20. The van der Waals surface area contributed by atoms with E-state index in [4.69, 9.17) is 30.5 Å². The van der Waals surface area contributed by atoms with Gasteiger partial charge >= 0.3 is 17.9 Å². The summed E-state index contributed by atoms with van der Waals surface area (Å²) in [6.07, 6.45) is -1.66. The van der Waals surface area contributed by atoms with Gasteiger partial charge in [0.25, 0.3) is 0 Å². The van der Waals surface area contributed by atoms with E-state index in [-0.39, 0.29) is 17.3 Å². The number of hydrogen-bond donors (Lipinski definition) is 0. The minimum atomic E-state index is -1.14. The molecule has 0 aliphatic carbocycles. The summed E-state index contributed by atoms with van der Waals surface area (Å²) in [6.45, 7) is 0.929. The lowest BCUT2D eigenvalue weighted by Gasteiger charge is -2.24. The predicted octanol–water partition coefficient (Wildman–Crippen LogP) is 3.39. The highest BCUT2D eigenvalue weighted by Gasteiger charge is 2.51. The summed E-state index contributed by atoms with van der Waals surface area (Å²) in [7, 11) is 0. The first-order chi connectivity index (χ1) is 18.4. The number of carbonyl (C=O) groups excluding carboxylic acids is 3. The third-order valence-electron chi connectivity index (χ3n) is 5.82. The van der Waals surface area contributed by atoms with E-state index < -0.39 is 42.4 Å². The predicted molar refractivity (Wildman–Crippen MR) is 132 cm³/mol. The first kappa shape index (κ1) is 25.3. The van der Waals surface area contributed by atoms with E-state index >= 15 is 0 Å². The first-order valence-electron chi connectivity index (χ1n) is 11.6. The molecule has 0 saturated carbocycles. The molecule has 5 rings (SSSR count). The normalized spacial score (nSPS) is 20.7. The van der Waals surface area contributed by atoms with Crippen LogP contribution in [0, 0.1) is 0 Å². The van der Waals surface area contributed by atoms with Crippen LogP contribution >= 0.6 is 11.6 Å². The Morgan fingerprint density at radius 2 is 1.55 bits per heavy atom. The fraction of sp³-hybridized carbons (Fsp3) is 0.231. The molecule has 2 aromatic heterocycles. The molecule has 4 aromatic rings. The first-order valence-corrected chi connectivity index (χ1v) is 11.9. The second-order valence-corrected chi connectivity index (χ2v) is 8.69. The third-order valence-corrected chi connectivity index (χ3v) is 6.09. The van der Waals surface area contributed by atoms with Crippen LogP contribution in [0.2, 0.25) is 5.15 Å². The van der Waals surface area contributed by atoms with Crippen LogP contribution in [0.4, 0.5) is 0 Å². The van der Waals surface area contributed by atoms with Gasteiger partial charge in [-0.1, -0.05) is 48.0 Å². The second-order valence-electron chi connectivity index (χ2n) is 8.33. The number of aromatic nitrogens is 4. The van der Waals surface area contributed by atoms with Crippen LogP contribution in [0.15, 0.2) is 73.3 Å². The molecule has 0 unspecified atom stereocenters. The van der Waals surface area contributed by atoms with Crippen LogP contribution in [-0.2, 0) is 23.7 Å². The summed E-state index contributed by atoms with van der Waals surface area (Å²) in [4.78, 5) is 50.1. The van der Waals surface area contributed by atoms with Gasteiger partial charge in [-0.3, -0.25) is 9.36 Å². The Labute approximate surface area is 221 Å². The van der Waals surface area contributed by atoms with E-state index in [1.165, 1.54) is 24.1 Å². The van der Waals surface area contributed by atoms with Crippen LogP contribution < -0.4 is 0 Å². The molecule has 0 spiro atoms. The maximum absolute atomic E-state index is 13.0. The lowest BCUT2D eigenvalue weighted by molar-refractivity contribution is -0.156. The molecular weight excluding hydrogens is 516 g/mol. The van der Waals surface area contributed by atoms with Gasteiger partial charge in [-0.2, -0.15) is 0 Å². The fourth-order valence-electron chi connectivity index (χ4n) is 4.12. The molecule has 1 fully saturated rings. The number of fused-ring (bicyclic) bond motifs is 1. The van der Waals surface area contributed by atoms with E-state index in [9.17, 15) is 14.4 Å². The smallest absolute Gasteiger partial charge is 0.338 e. The second kappa shape index (κ2) is 11.0. The zero-order valence-corrected chi connectivity index (χ0v) is 20.7. The van der Waals surface area contributed by atoms with Crippen molar-refractivity contribution in [3.05, 3.63) is 89.6 Å². The summed E-state index contributed by atoms with van der Waals surface area (Å²) in [5, 5.41) is 0.121. The molecule has 38 heavy (non-hydrogen) atoms. The summed E-state index contributed by atoms with van der Waals surface area (Å²) in [5.74, 6) is -1.90. The number of imidazole rings is 1. The Morgan fingerprint density at radius 1 is 0.895 bits per heavy atom. The maximum atomic E-state index is 13.0. The number of nitrogens with zero attached hydrogens (tertiary/aromatic N) is 4. The number of benzene rings is 2. The zero-order chi connectivity index (χ0) is 26.6. The monoisotopic (exact) mass is 536 g/mol. The van der Waals surface area contributed by atoms with Gasteiger partial charge in [0, 0.05) is 6.92 Å². The highest BCUT2D eigenvalue weighted by molar-refractivity contribution is 6.33. The standard InChI is InChI=1S/C26H21ClN4O7/c1-15(32)36-21-20(38-26(34)17-10-6-3-7-11-17)18(12-35-25(33)16-8-4-2-5-9-16)37-24(21)31-14-30-19-22(27)28-13-29-23(19)31/h2-11,13-14,18,20-21,24H,12H2,1H3/t18-,20+,21-,24-/m1/s1. The number of hydrogen-bond acceptors (Lipinski definition) is 10. The van der Waals surface area contributed by atoms with E-state index in [0.29, 0.717) is 16.7 Å². The maximum Gasteiger partial charge on any atom is 0.338 e. The van der Waals surface area contributed by atoms with Crippen LogP contribution in [0.5, 0.6) is 0 Å². The SMILES string of the molecule is CC(=O)O[C@@H]1[C@@H](OC(=O)c2ccccc2)[C@@H](COC(=O)c2ccccc2)O[C@H]1n1cnc2c(Cl)ncnc21. The number of halogens is 1. The molecule has 1 aliphatic heterocycles. The molecular formula is C26H21ClN4O7. The van der Waals surface area contributed by atoms with E-state index in [2.05, 4.69) is 15.0 Å². The van der Waals surface area contributed by atoms with E-state index in [1.807, 2.05) is 0 Å². The van der Waals surface area contributed by atoms with Crippen LogP contribution in [0.1, 0.15) is 33.9 Å². The molecule has 11 nitrogen and oxygen atoms in total. The molecule has 1 aliphatic rings. The highest BCUT2D eigenvalue weighted by atomic mass is 35.5. The Kier molecular flexibility index (Phi) is 7.29. The van der Waals surface area contributed by atoms with Crippen molar-refractivity contribution in [2.45, 2.75) is 31.5 Å². The zero-order valence-electron chi connectivity index (χ0n) is 20.0. The number of carbonyl (C=O) groups is 3. The van der Waals surface area contributed by atoms with Gasteiger partial charge in [0.2, 0.25) is 0 Å². The van der Waals surface area contributed by atoms with Crippen LogP contribution in [0.3, 0.4) is 0 Å². The van der Waals surface area contributed by atoms with Crippen molar-refractivity contribution in [2.75, 3.05) is 6.61 Å². The Morgan fingerprint density at radius 3 is 2.21 bits per heavy atom. The Balaban J connectivity index is 1.48. The number of rotatable bonds is 7. The minimum absolute atomic E-state index is 0.121. The summed E-state index contributed by atoms with van der Waals surface area (Å²) in [6, 6.07) is 16.7. The molecule has 0 radical (unpaired) electrons. The average Bonchev–Trinajstić information content (AvgIpc) is 3.50. The van der Waals surface area contributed by atoms with Crippen molar-refractivity contribution in [3.63, 3.8) is 0 Å². The van der Waals surface area contributed by atoms with Gasteiger partial charge in [-0.15, -0.1) is 0 Å².